The first-order chi connectivity index (χ1) is 16.3. The molecule has 34 heavy (non-hydrogen) atoms. The molecule has 0 saturated heterocycles. The number of nitrogens with zero attached hydrogens (tertiary/aromatic N) is 3. The Morgan fingerprint density at radius 1 is 1.09 bits per heavy atom. The van der Waals surface area contributed by atoms with Gasteiger partial charge in [0.15, 0.2) is 5.82 Å². The molecule has 1 saturated carbocycles. The number of hydrogen-bond acceptors (Lipinski definition) is 6. The maximum Gasteiger partial charge on any atom is 0.308 e. The molecule has 180 valence electrons. The number of anilines is 1. The largest absolute Gasteiger partial charge is 0.469 e. The fraction of sp³-hybridized carbons (Fsp3) is 0.462. The van der Waals surface area contributed by atoms with Crippen molar-refractivity contribution in [3.8, 4) is 0 Å². The molecule has 2 aromatic heterocycles. The number of pyridine rings is 1. The second-order valence-corrected chi connectivity index (χ2v) is 9.09. The number of aryl methyl sites for hydroxylation is 1. The maximum atomic E-state index is 13.4. The van der Waals surface area contributed by atoms with Crippen LogP contribution in [0.5, 0.6) is 0 Å². The number of carbonyl (C=O) groups excluding carboxylic acids is 1. The van der Waals surface area contributed by atoms with Gasteiger partial charge < -0.3 is 10.1 Å². The van der Waals surface area contributed by atoms with Crippen LogP contribution in [-0.4, -0.2) is 28.3 Å². The zero-order chi connectivity index (χ0) is 24.4. The number of aromatic nitrogens is 3. The SMILES string of the molecule is COC(=O)C1CCC(c2cc3c(N[C@H](C)c4cccc(C(F)F)c4C)nnc(C)c3cn2)CC1. The summed E-state index contributed by atoms with van der Waals surface area (Å²) in [5.74, 6) is 0.679. The number of rotatable bonds is 6. The standard InChI is InChI=1S/C26H30F2N4O2/c1-14-19(6-5-7-20(14)24(27)28)15(2)30-25-21-12-23(29-13-22(21)16(3)31-32-25)17-8-10-18(11-9-17)26(33)34-4/h5-7,12-13,15,17-18,24H,8-11H2,1-4H3,(H,30,32)/t15-,17?,18?/m1/s1. The van der Waals surface area contributed by atoms with E-state index in [0.717, 1.165) is 53.4 Å². The van der Waals surface area contributed by atoms with Gasteiger partial charge in [0, 0.05) is 34.1 Å². The minimum atomic E-state index is -2.52. The molecule has 0 amide bonds. The zero-order valence-corrected chi connectivity index (χ0v) is 19.9. The van der Waals surface area contributed by atoms with E-state index >= 15 is 0 Å². The van der Waals surface area contributed by atoms with E-state index < -0.39 is 6.43 Å². The third kappa shape index (κ3) is 4.72. The first-order valence-corrected chi connectivity index (χ1v) is 11.6. The van der Waals surface area contributed by atoms with Crippen LogP contribution < -0.4 is 5.32 Å². The molecule has 0 radical (unpaired) electrons. The van der Waals surface area contributed by atoms with Crippen molar-refractivity contribution in [2.45, 2.75) is 64.8 Å². The van der Waals surface area contributed by atoms with E-state index in [4.69, 9.17) is 9.72 Å². The van der Waals surface area contributed by atoms with Gasteiger partial charge in [0.05, 0.1) is 24.8 Å². The molecule has 1 aliphatic carbocycles. The van der Waals surface area contributed by atoms with Crippen LogP contribution in [0.15, 0.2) is 30.5 Å². The van der Waals surface area contributed by atoms with Crippen LogP contribution in [0.4, 0.5) is 14.6 Å². The minimum Gasteiger partial charge on any atom is -0.469 e. The fourth-order valence-electron chi connectivity index (χ4n) is 4.97. The molecule has 8 heteroatoms. The highest BCUT2D eigenvalue weighted by Gasteiger charge is 2.28. The molecule has 0 spiro atoms. The van der Waals surface area contributed by atoms with Crippen molar-refractivity contribution in [1.29, 1.82) is 0 Å². The van der Waals surface area contributed by atoms with Crippen LogP contribution in [0.25, 0.3) is 10.8 Å². The third-order valence-corrected chi connectivity index (χ3v) is 7.02. The van der Waals surface area contributed by atoms with E-state index in [1.807, 2.05) is 26.1 Å². The number of methoxy groups -OCH3 is 1. The Labute approximate surface area is 198 Å². The Morgan fingerprint density at radius 2 is 1.79 bits per heavy atom. The predicted octanol–water partition coefficient (Wildman–Crippen LogP) is 6.20. The number of nitrogens with one attached hydrogen (secondary N) is 1. The second-order valence-electron chi connectivity index (χ2n) is 9.09. The third-order valence-electron chi connectivity index (χ3n) is 7.02. The van der Waals surface area contributed by atoms with Crippen LogP contribution in [0.1, 0.15) is 79.1 Å². The lowest BCUT2D eigenvalue weighted by molar-refractivity contribution is -0.146. The van der Waals surface area contributed by atoms with Crippen molar-refractivity contribution >= 4 is 22.6 Å². The molecular formula is C26H30F2N4O2. The summed E-state index contributed by atoms with van der Waals surface area (Å²) in [6, 6.07) is 6.79. The normalized spacial score (nSPS) is 19.3. The lowest BCUT2D eigenvalue weighted by atomic mass is 9.80. The fourth-order valence-corrected chi connectivity index (χ4v) is 4.97. The molecule has 1 aromatic carbocycles. The summed E-state index contributed by atoms with van der Waals surface area (Å²) in [6.45, 7) is 5.55. The van der Waals surface area contributed by atoms with Gasteiger partial charge in [-0.3, -0.25) is 9.78 Å². The second kappa shape index (κ2) is 9.99. The Morgan fingerprint density at radius 3 is 2.47 bits per heavy atom. The molecule has 1 N–H and O–H groups in total. The van der Waals surface area contributed by atoms with Gasteiger partial charge in [0.25, 0.3) is 6.43 Å². The highest BCUT2D eigenvalue weighted by molar-refractivity contribution is 5.92. The number of alkyl halides is 2. The number of ether oxygens (including phenoxy) is 1. The van der Waals surface area contributed by atoms with Gasteiger partial charge in [-0.1, -0.05) is 18.2 Å². The molecule has 0 aliphatic heterocycles. The van der Waals surface area contributed by atoms with E-state index in [9.17, 15) is 13.6 Å². The van der Waals surface area contributed by atoms with Crippen LogP contribution in [0.3, 0.4) is 0 Å². The van der Waals surface area contributed by atoms with E-state index in [-0.39, 0.29) is 29.4 Å². The summed E-state index contributed by atoms with van der Waals surface area (Å²) >= 11 is 0. The molecular weight excluding hydrogens is 438 g/mol. The maximum absolute atomic E-state index is 13.4. The Bertz CT molecular complexity index is 1190. The van der Waals surface area contributed by atoms with E-state index in [1.165, 1.54) is 13.2 Å². The molecule has 1 fully saturated rings. The Kier molecular flexibility index (Phi) is 7.05. The number of halogens is 2. The van der Waals surface area contributed by atoms with Gasteiger partial charge in [-0.25, -0.2) is 8.78 Å². The van der Waals surface area contributed by atoms with Gasteiger partial charge in [0.2, 0.25) is 0 Å². The first kappa shape index (κ1) is 24.0. The molecule has 1 aliphatic rings. The van der Waals surface area contributed by atoms with Crippen molar-refractivity contribution in [2.24, 2.45) is 5.92 Å². The number of benzene rings is 1. The van der Waals surface area contributed by atoms with Crippen molar-refractivity contribution in [3.63, 3.8) is 0 Å². The molecule has 6 nitrogen and oxygen atoms in total. The van der Waals surface area contributed by atoms with Gasteiger partial charge in [-0.2, -0.15) is 5.10 Å². The number of fused-ring (bicyclic) bond motifs is 1. The lowest BCUT2D eigenvalue weighted by Gasteiger charge is -2.27. The monoisotopic (exact) mass is 468 g/mol. The average Bonchev–Trinajstić information content (AvgIpc) is 2.85. The average molecular weight is 469 g/mol. The summed E-state index contributed by atoms with van der Waals surface area (Å²) in [6.07, 6.45) is 2.62. The summed E-state index contributed by atoms with van der Waals surface area (Å²) in [7, 11) is 1.43. The quantitative estimate of drug-likeness (QED) is 0.434. The van der Waals surface area contributed by atoms with Crippen molar-refractivity contribution in [2.75, 3.05) is 12.4 Å². The van der Waals surface area contributed by atoms with Crippen LogP contribution >= 0.6 is 0 Å². The van der Waals surface area contributed by atoms with Gasteiger partial charge in [0.1, 0.15) is 0 Å². The van der Waals surface area contributed by atoms with Gasteiger partial charge in [-0.15, -0.1) is 5.10 Å². The van der Waals surface area contributed by atoms with E-state index in [1.54, 1.807) is 13.0 Å². The topological polar surface area (TPSA) is 77.0 Å². The molecule has 0 bridgehead atoms. The van der Waals surface area contributed by atoms with Crippen LogP contribution in [0, 0.1) is 19.8 Å². The number of carbonyl (C=O) groups is 1. The smallest absolute Gasteiger partial charge is 0.308 e. The summed E-state index contributed by atoms with van der Waals surface area (Å²) in [4.78, 5) is 16.6. The first-order valence-electron chi connectivity index (χ1n) is 11.6. The Hall–Kier alpha value is -3.16. The summed E-state index contributed by atoms with van der Waals surface area (Å²) in [5, 5.41) is 13.9. The minimum absolute atomic E-state index is 0.0415. The molecule has 3 aromatic rings. The summed E-state index contributed by atoms with van der Waals surface area (Å²) in [5.41, 5.74) is 3.16. The van der Waals surface area contributed by atoms with Crippen molar-refractivity contribution in [1.82, 2.24) is 15.2 Å². The van der Waals surface area contributed by atoms with E-state index in [2.05, 4.69) is 21.6 Å². The van der Waals surface area contributed by atoms with Crippen molar-refractivity contribution < 1.29 is 18.3 Å². The molecule has 0 unspecified atom stereocenters. The highest BCUT2D eigenvalue weighted by atomic mass is 19.3. The van der Waals surface area contributed by atoms with Crippen LogP contribution in [-0.2, 0) is 9.53 Å². The van der Waals surface area contributed by atoms with E-state index in [0.29, 0.717) is 11.4 Å². The highest BCUT2D eigenvalue weighted by Crippen LogP contribution is 2.37. The van der Waals surface area contributed by atoms with Crippen molar-refractivity contribution in [3.05, 3.63) is 58.5 Å². The zero-order valence-electron chi connectivity index (χ0n) is 19.9. The lowest BCUT2D eigenvalue weighted by Crippen LogP contribution is -2.22. The summed E-state index contributed by atoms with van der Waals surface area (Å²) < 4.78 is 31.7. The molecule has 1 atom stereocenters. The Balaban J connectivity index is 1.62. The van der Waals surface area contributed by atoms with Crippen LogP contribution in [0.2, 0.25) is 0 Å². The van der Waals surface area contributed by atoms with Gasteiger partial charge >= 0.3 is 5.97 Å². The predicted molar refractivity (Wildman–Crippen MR) is 127 cm³/mol. The number of hydrogen-bond donors (Lipinski definition) is 1. The number of esters is 1. The molecule has 2 heterocycles. The molecule has 4 rings (SSSR count). The van der Waals surface area contributed by atoms with Gasteiger partial charge in [-0.05, 0) is 63.6 Å².